The number of aryl methyl sites for hydroxylation is 1. The summed E-state index contributed by atoms with van der Waals surface area (Å²) >= 11 is 12.2. The molecule has 0 bridgehead atoms. The Morgan fingerprint density at radius 2 is 1.22 bits per heavy atom. The minimum Gasteiger partial charge on any atom is -0.342 e. The maximum atomic E-state index is 13.1. The zero-order valence-electron chi connectivity index (χ0n) is 29.8. The molecule has 9 nitrogen and oxygen atoms in total. The maximum absolute atomic E-state index is 13.1. The molecule has 0 spiro atoms. The van der Waals surface area contributed by atoms with Crippen molar-refractivity contribution in [2.45, 2.75) is 26.4 Å². The Labute approximate surface area is 321 Å². The number of hydrogen-bond acceptors (Lipinski definition) is 6. The lowest BCUT2D eigenvalue weighted by atomic mass is 10.0. The molecule has 1 amide bonds. The number of hydrogen-bond donors (Lipinski definition) is 0. The van der Waals surface area contributed by atoms with Gasteiger partial charge in [0, 0.05) is 70.8 Å². The number of amides is 1. The van der Waals surface area contributed by atoms with Crippen LogP contribution in [0.2, 0.25) is 10.0 Å². The van der Waals surface area contributed by atoms with E-state index in [2.05, 4.69) is 4.98 Å². The quantitative estimate of drug-likeness (QED) is 0.109. The summed E-state index contributed by atoms with van der Waals surface area (Å²) in [7, 11) is 2.85. The highest BCUT2D eigenvalue weighted by Gasteiger charge is 2.20. The Balaban J connectivity index is 0.000000186. The zero-order valence-corrected chi connectivity index (χ0v) is 31.3. The minimum atomic E-state index is -0.488. The summed E-state index contributed by atoms with van der Waals surface area (Å²) in [6.07, 6.45) is 5.54. The summed E-state index contributed by atoms with van der Waals surface area (Å²) in [6, 6.07) is 33.1. The molecule has 0 aliphatic rings. The SMILES string of the molecule is CCc1ccc(C(=O)c2cn(Cc3cccc(Cl)c3)c3ccccc3c2=O)cn1.CON(C)C(=O)c1cn(Cc2cccc(Cl)c2)c2ccccc2c1=O. The van der Waals surface area contributed by atoms with Crippen LogP contribution in [0.25, 0.3) is 21.8 Å². The number of nitrogens with zero attached hydrogens (tertiary/aromatic N) is 4. The minimum absolute atomic E-state index is 0.0603. The van der Waals surface area contributed by atoms with Gasteiger partial charge in [-0.05, 0) is 78.2 Å². The number of halogens is 2. The smallest absolute Gasteiger partial charge is 0.282 e. The van der Waals surface area contributed by atoms with E-state index in [0.29, 0.717) is 39.5 Å². The first-order chi connectivity index (χ1) is 26.1. The fourth-order valence-electron chi connectivity index (χ4n) is 6.11. The van der Waals surface area contributed by atoms with Crippen LogP contribution in [0.3, 0.4) is 0 Å². The Morgan fingerprint density at radius 1 is 0.704 bits per heavy atom. The summed E-state index contributed by atoms with van der Waals surface area (Å²) < 4.78 is 3.79. The van der Waals surface area contributed by atoms with Crippen LogP contribution in [0.1, 0.15) is 50.0 Å². The molecule has 4 aromatic carbocycles. The number of rotatable bonds is 9. The molecule has 3 aromatic heterocycles. The summed E-state index contributed by atoms with van der Waals surface area (Å²) in [5, 5.41) is 3.32. The molecule has 0 saturated carbocycles. The molecule has 0 radical (unpaired) electrons. The largest absolute Gasteiger partial charge is 0.342 e. The first-order valence-electron chi connectivity index (χ1n) is 17.1. The third kappa shape index (κ3) is 8.34. The van der Waals surface area contributed by atoms with Gasteiger partial charge in [-0.3, -0.25) is 29.0 Å². The predicted molar refractivity (Wildman–Crippen MR) is 214 cm³/mol. The van der Waals surface area contributed by atoms with Crippen molar-refractivity contribution in [1.82, 2.24) is 19.2 Å². The molecular weight excluding hydrogens is 723 g/mol. The Bertz CT molecular complexity index is 2620. The Morgan fingerprint density at radius 3 is 1.70 bits per heavy atom. The van der Waals surface area contributed by atoms with E-state index >= 15 is 0 Å². The summed E-state index contributed by atoms with van der Waals surface area (Å²) in [5.74, 6) is -0.811. The molecule has 0 unspecified atom stereocenters. The number of carbonyl (C=O) groups excluding carboxylic acids is 2. The van der Waals surface area contributed by atoms with E-state index in [9.17, 15) is 19.2 Å². The standard InChI is InChI=1S/C24H19ClN2O2.C19H17ClN2O3/c1-2-19-11-10-17(13-26-19)23(28)21-15-27(14-16-6-5-7-18(25)12-16)22-9-4-3-8-20(22)24(21)29;1-21(25-2)19(24)16-12-22(11-13-6-5-7-14(20)10-13)17-9-4-3-8-15(17)18(16)23/h3-13,15H,2,14H2,1H3;3-10,12H,11H2,1-2H3. The first kappa shape index (κ1) is 37.9. The number of pyridine rings is 3. The number of fused-ring (bicyclic) bond motifs is 2. The van der Waals surface area contributed by atoms with Crippen molar-refractivity contribution in [2.75, 3.05) is 14.2 Å². The highest BCUT2D eigenvalue weighted by Crippen LogP contribution is 2.20. The molecule has 11 heteroatoms. The molecule has 0 aliphatic carbocycles. The fraction of sp³-hybridized carbons (Fsp3) is 0.140. The number of hydroxylamine groups is 2. The number of ketones is 1. The van der Waals surface area contributed by atoms with Crippen molar-refractivity contribution in [3.05, 3.63) is 192 Å². The predicted octanol–water partition coefficient (Wildman–Crippen LogP) is 8.23. The van der Waals surface area contributed by atoms with Crippen LogP contribution in [-0.4, -0.2) is 45.0 Å². The van der Waals surface area contributed by atoms with E-state index < -0.39 is 5.91 Å². The van der Waals surface area contributed by atoms with Gasteiger partial charge in [-0.25, -0.2) is 5.06 Å². The molecule has 7 rings (SSSR count). The Hall–Kier alpha value is -5.87. The van der Waals surface area contributed by atoms with Gasteiger partial charge in [-0.2, -0.15) is 0 Å². The van der Waals surface area contributed by atoms with E-state index in [1.807, 2.05) is 88.9 Å². The van der Waals surface area contributed by atoms with Crippen LogP contribution in [0.4, 0.5) is 0 Å². The zero-order chi connectivity index (χ0) is 38.4. The fourth-order valence-corrected chi connectivity index (χ4v) is 6.53. The first-order valence-corrected chi connectivity index (χ1v) is 17.9. The van der Waals surface area contributed by atoms with Crippen LogP contribution in [-0.2, 0) is 24.3 Å². The molecule has 0 saturated heterocycles. The van der Waals surface area contributed by atoms with Crippen LogP contribution in [0.15, 0.2) is 137 Å². The van der Waals surface area contributed by atoms with Crippen molar-refractivity contribution in [2.24, 2.45) is 0 Å². The maximum Gasteiger partial charge on any atom is 0.282 e. The van der Waals surface area contributed by atoms with Crippen molar-refractivity contribution in [1.29, 1.82) is 0 Å². The molecule has 7 aromatic rings. The van der Waals surface area contributed by atoms with Crippen molar-refractivity contribution in [3.63, 3.8) is 0 Å². The van der Waals surface area contributed by atoms with Gasteiger partial charge < -0.3 is 9.13 Å². The van der Waals surface area contributed by atoms with Crippen molar-refractivity contribution in [3.8, 4) is 0 Å². The van der Waals surface area contributed by atoms with Crippen molar-refractivity contribution < 1.29 is 14.4 Å². The molecule has 0 N–H and O–H groups in total. The second-order valence-electron chi connectivity index (χ2n) is 12.5. The van der Waals surface area contributed by atoms with Gasteiger partial charge in [0.1, 0.15) is 5.56 Å². The van der Waals surface area contributed by atoms with Gasteiger partial charge >= 0.3 is 0 Å². The van der Waals surface area contributed by atoms with E-state index in [-0.39, 0.29) is 27.8 Å². The normalized spacial score (nSPS) is 10.9. The van der Waals surface area contributed by atoms with Crippen LogP contribution in [0, 0.1) is 0 Å². The van der Waals surface area contributed by atoms with Gasteiger partial charge in [0.15, 0.2) is 5.78 Å². The number of carbonyl (C=O) groups is 2. The lowest BCUT2D eigenvalue weighted by molar-refractivity contribution is -0.0758. The second-order valence-corrected chi connectivity index (χ2v) is 13.4. The summed E-state index contributed by atoms with van der Waals surface area (Å²) in [4.78, 5) is 60.5. The van der Waals surface area contributed by atoms with Gasteiger partial charge in [0.05, 0.1) is 23.7 Å². The topological polar surface area (TPSA) is 104 Å². The van der Waals surface area contributed by atoms with Crippen molar-refractivity contribution >= 4 is 56.7 Å². The molecular formula is C43H36Cl2N4O5. The monoisotopic (exact) mass is 758 g/mol. The highest BCUT2D eigenvalue weighted by atomic mass is 35.5. The van der Waals surface area contributed by atoms with Gasteiger partial charge in [-0.1, -0.05) is 78.7 Å². The third-order valence-corrected chi connectivity index (χ3v) is 9.41. The molecule has 54 heavy (non-hydrogen) atoms. The van der Waals surface area contributed by atoms with Gasteiger partial charge in [0.2, 0.25) is 10.9 Å². The van der Waals surface area contributed by atoms with E-state index in [4.69, 9.17) is 28.0 Å². The number of para-hydroxylation sites is 2. The number of aromatic nitrogens is 3. The molecule has 0 atom stereocenters. The second kappa shape index (κ2) is 16.9. The van der Waals surface area contributed by atoms with Crippen LogP contribution >= 0.6 is 23.2 Å². The molecule has 3 heterocycles. The Kier molecular flexibility index (Phi) is 11.8. The lowest BCUT2D eigenvalue weighted by Crippen LogP contribution is -2.31. The molecule has 0 aliphatic heterocycles. The van der Waals surface area contributed by atoms with E-state index in [0.717, 1.165) is 39.3 Å². The summed E-state index contributed by atoms with van der Waals surface area (Å²) in [5.41, 5.74) is 4.40. The average molecular weight is 760 g/mol. The van der Waals surface area contributed by atoms with Crippen LogP contribution < -0.4 is 10.9 Å². The van der Waals surface area contributed by atoms with Gasteiger partial charge in [0.25, 0.3) is 5.91 Å². The highest BCUT2D eigenvalue weighted by molar-refractivity contribution is 6.30. The van der Waals surface area contributed by atoms with E-state index in [1.54, 1.807) is 48.8 Å². The van der Waals surface area contributed by atoms with Crippen LogP contribution in [0.5, 0.6) is 0 Å². The number of benzene rings is 4. The molecule has 0 fully saturated rings. The van der Waals surface area contributed by atoms with E-state index in [1.165, 1.54) is 20.4 Å². The lowest BCUT2D eigenvalue weighted by Gasteiger charge is -2.17. The molecule has 272 valence electrons. The average Bonchev–Trinajstić information content (AvgIpc) is 3.19. The third-order valence-electron chi connectivity index (χ3n) is 8.94. The van der Waals surface area contributed by atoms with Gasteiger partial charge in [-0.15, -0.1) is 0 Å². The summed E-state index contributed by atoms with van der Waals surface area (Å²) in [6.45, 7) is 2.98.